The number of hydrogen-bond acceptors (Lipinski definition) is 13. The molecule has 1 fully saturated rings. The molecule has 1 saturated heterocycles. The zero-order valence-corrected chi connectivity index (χ0v) is 28.2. The van der Waals surface area contributed by atoms with Crippen LogP contribution >= 0.6 is 22.6 Å². The van der Waals surface area contributed by atoms with Crippen molar-refractivity contribution in [3.8, 4) is 5.75 Å². The molecule has 18 heteroatoms. The molecule has 2 aliphatic heterocycles. The van der Waals surface area contributed by atoms with E-state index in [0.717, 1.165) is 0 Å². The summed E-state index contributed by atoms with van der Waals surface area (Å²) in [6.45, 7) is 2.10. The molecule has 1 aromatic rings. The predicted octanol–water partition coefficient (Wildman–Crippen LogP) is 0.630. The van der Waals surface area contributed by atoms with Crippen LogP contribution in [0, 0.1) is 0 Å². The van der Waals surface area contributed by atoms with Gasteiger partial charge in [0.1, 0.15) is 35.1 Å². The molecule has 0 aromatic heterocycles. The molecular weight excluding hydrogens is 753 g/mol. The smallest absolute Gasteiger partial charge is 0.414 e. The lowest BCUT2D eigenvalue weighted by Gasteiger charge is -2.37. The number of esters is 1. The van der Waals surface area contributed by atoms with E-state index in [0.29, 0.717) is 37.8 Å². The van der Waals surface area contributed by atoms with Crippen LogP contribution in [0.15, 0.2) is 30.4 Å². The summed E-state index contributed by atoms with van der Waals surface area (Å²) in [6, 6.07) is 4.56. The number of carboxylic acids is 1. The van der Waals surface area contributed by atoms with Crippen LogP contribution in [0.4, 0.5) is 10.5 Å². The average Bonchev–Trinajstić information content (AvgIpc) is 3.36. The second-order valence-electron chi connectivity index (χ2n) is 10.6. The normalized spacial score (nSPS) is 21.9. The number of carboxylic acid groups (broad SMARTS) is 1. The van der Waals surface area contributed by atoms with Gasteiger partial charge in [-0.15, -0.1) is 0 Å². The van der Waals surface area contributed by atoms with Gasteiger partial charge in [0.15, 0.2) is 6.10 Å². The summed E-state index contributed by atoms with van der Waals surface area (Å²) in [4.78, 5) is 71.6. The molecule has 4 amide bonds. The molecule has 264 valence electrons. The van der Waals surface area contributed by atoms with Crippen molar-refractivity contribution >= 4 is 64.0 Å². The molecular formula is C30H38IN3O14. The molecule has 2 heterocycles. The summed E-state index contributed by atoms with van der Waals surface area (Å²) in [5.74, 6) is -2.68. The molecule has 5 N–H and O–H groups in total. The molecule has 0 saturated carbocycles. The highest BCUT2D eigenvalue weighted by molar-refractivity contribution is 14.1. The Balaban J connectivity index is 1.41. The fourth-order valence-corrected chi connectivity index (χ4v) is 5.22. The van der Waals surface area contributed by atoms with E-state index in [2.05, 4.69) is 10.6 Å². The Hall–Kier alpha value is -3.85. The number of benzene rings is 1. The minimum atomic E-state index is -1.81. The van der Waals surface area contributed by atoms with Crippen LogP contribution in [0.3, 0.4) is 0 Å². The van der Waals surface area contributed by atoms with Gasteiger partial charge in [-0.05, 0) is 30.5 Å². The van der Waals surface area contributed by atoms with E-state index in [1.807, 2.05) is 0 Å². The highest BCUT2D eigenvalue weighted by Crippen LogP contribution is 2.30. The number of carbonyl (C=O) groups is 6. The van der Waals surface area contributed by atoms with Gasteiger partial charge in [-0.2, -0.15) is 0 Å². The molecule has 17 nitrogen and oxygen atoms in total. The number of aliphatic hydroxyl groups excluding tert-OH is 2. The number of unbranched alkanes of at least 4 members (excludes halogenated alkanes) is 2. The minimum absolute atomic E-state index is 0.0260. The topological polar surface area (TPSA) is 237 Å². The lowest BCUT2D eigenvalue weighted by molar-refractivity contribution is -0.228. The van der Waals surface area contributed by atoms with Gasteiger partial charge in [0, 0.05) is 38.6 Å². The number of imide groups is 1. The standard InChI is InChI=1S/C30H38IN3O14/c1-17(35)46-16-18-6-7-19(33-30(43)48-29-24(31)25(39)26(40)27(47-29)28(41)42)20(15-18)45-14-13-44-12-10-32-21(36)5-3-2-4-11-34-22(37)8-9-23(34)38/h6-9,15,24-27,29,39-40H,2-5,10-14,16H2,1H3,(H,32,36)(H,33,43)(H,41,42)/t24-,25-,26+,27+,29+/m1/s1. The fraction of sp³-hybridized carbons (Fsp3) is 0.533. The number of aliphatic hydroxyl groups is 2. The van der Waals surface area contributed by atoms with Gasteiger partial charge in [0.25, 0.3) is 11.8 Å². The van der Waals surface area contributed by atoms with Gasteiger partial charge in [-0.1, -0.05) is 35.1 Å². The average molecular weight is 792 g/mol. The predicted molar refractivity (Wildman–Crippen MR) is 172 cm³/mol. The van der Waals surface area contributed by atoms with Crippen molar-refractivity contribution in [1.82, 2.24) is 10.2 Å². The Morgan fingerprint density at radius 3 is 2.42 bits per heavy atom. The lowest BCUT2D eigenvalue weighted by Crippen LogP contribution is -2.58. The van der Waals surface area contributed by atoms with E-state index in [1.54, 1.807) is 28.7 Å². The molecule has 2 aliphatic rings. The van der Waals surface area contributed by atoms with E-state index in [1.165, 1.54) is 36.1 Å². The van der Waals surface area contributed by atoms with Crippen LogP contribution in [0.25, 0.3) is 0 Å². The van der Waals surface area contributed by atoms with Crippen molar-refractivity contribution in [2.45, 2.75) is 67.7 Å². The molecule has 0 aliphatic carbocycles. The number of amides is 4. The Labute approximate surface area is 289 Å². The van der Waals surface area contributed by atoms with E-state index in [4.69, 9.17) is 23.7 Å². The maximum Gasteiger partial charge on any atom is 0.414 e. The number of hydrogen-bond donors (Lipinski definition) is 5. The van der Waals surface area contributed by atoms with E-state index >= 15 is 0 Å². The summed E-state index contributed by atoms with van der Waals surface area (Å²) < 4.78 is 25.7. The number of nitrogens with one attached hydrogen (secondary N) is 2. The zero-order valence-electron chi connectivity index (χ0n) is 26.0. The molecule has 3 rings (SSSR count). The van der Waals surface area contributed by atoms with Crippen molar-refractivity contribution < 1.29 is 67.8 Å². The van der Waals surface area contributed by atoms with Crippen molar-refractivity contribution in [1.29, 1.82) is 0 Å². The van der Waals surface area contributed by atoms with Crippen molar-refractivity contribution in [3.63, 3.8) is 0 Å². The molecule has 5 atom stereocenters. The van der Waals surface area contributed by atoms with Crippen LogP contribution in [0.2, 0.25) is 0 Å². The number of alkyl halides is 1. The first kappa shape index (κ1) is 38.6. The SMILES string of the molecule is CC(=O)OCc1ccc(NC(=O)O[C@@H]2O[C@H](C(=O)O)[C@@H](O)[C@H](O)[C@H]2I)c(OCCOCCNC(=O)CCCCCN2C(=O)C=CC2=O)c1. The van der Waals surface area contributed by atoms with Gasteiger partial charge in [0.2, 0.25) is 12.2 Å². The van der Waals surface area contributed by atoms with E-state index < -0.39 is 46.6 Å². The van der Waals surface area contributed by atoms with Gasteiger partial charge < -0.3 is 44.3 Å². The number of nitrogens with zero attached hydrogens (tertiary/aromatic N) is 1. The van der Waals surface area contributed by atoms with E-state index in [-0.39, 0.29) is 62.1 Å². The summed E-state index contributed by atoms with van der Waals surface area (Å²) >= 11 is 1.68. The van der Waals surface area contributed by atoms with Crippen LogP contribution in [0.1, 0.15) is 38.2 Å². The highest BCUT2D eigenvalue weighted by atomic mass is 127. The third-order valence-corrected chi connectivity index (χ3v) is 8.28. The van der Waals surface area contributed by atoms with Gasteiger partial charge in [0.05, 0.1) is 18.9 Å². The first-order valence-corrected chi connectivity index (χ1v) is 16.2. The van der Waals surface area contributed by atoms with Gasteiger partial charge in [-0.25, -0.2) is 9.59 Å². The minimum Gasteiger partial charge on any atom is -0.489 e. The fourth-order valence-electron chi connectivity index (χ4n) is 4.48. The number of anilines is 1. The molecule has 0 unspecified atom stereocenters. The molecule has 48 heavy (non-hydrogen) atoms. The monoisotopic (exact) mass is 791 g/mol. The first-order valence-electron chi connectivity index (χ1n) is 15.0. The Morgan fingerprint density at radius 2 is 1.73 bits per heavy atom. The number of carbonyl (C=O) groups excluding carboxylic acids is 5. The van der Waals surface area contributed by atoms with Crippen LogP contribution in [-0.4, -0.2) is 117 Å². The quantitative estimate of drug-likeness (QED) is 0.0451. The highest BCUT2D eigenvalue weighted by Gasteiger charge is 2.48. The number of halogens is 1. The van der Waals surface area contributed by atoms with Gasteiger partial charge >= 0.3 is 18.0 Å². The Morgan fingerprint density at radius 1 is 1.00 bits per heavy atom. The van der Waals surface area contributed by atoms with Crippen LogP contribution in [-0.2, 0) is 49.5 Å². The maximum atomic E-state index is 12.7. The maximum absolute atomic E-state index is 12.7. The third-order valence-electron chi connectivity index (χ3n) is 6.96. The Bertz CT molecular complexity index is 1340. The zero-order chi connectivity index (χ0) is 35.2. The van der Waals surface area contributed by atoms with Crippen molar-refractivity contribution in [2.24, 2.45) is 0 Å². The largest absolute Gasteiger partial charge is 0.489 e. The lowest BCUT2D eigenvalue weighted by atomic mass is 10.0. The molecule has 1 aromatic carbocycles. The second kappa shape index (κ2) is 19.2. The summed E-state index contributed by atoms with van der Waals surface area (Å²) in [6.07, 6.45) is -2.98. The number of aliphatic carboxylic acids is 1. The van der Waals surface area contributed by atoms with Crippen molar-refractivity contribution in [3.05, 3.63) is 35.9 Å². The molecule has 0 spiro atoms. The van der Waals surface area contributed by atoms with Crippen LogP contribution in [0.5, 0.6) is 5.75 Å². The first-order chi connectivity index (χ1) is 22.9. The van der Waals surface area contributed by atoms with E-state index in [9.17, 15) is 44.1 Å². The third kappa shape index (κ3) is 12.0. The van der Waals surface area contributed by atoms with Crippen LogP contribution < -0.4 is 15.4 Å². The van der Waals surface area contributed by atoms with Gasteiger partial charge in [-0.3, -0.25) is 29.4 Å². The summed E-state index contributed by atoms with van der Waals surface area (Å²) in [5.41, 5.74) is 0.687. The summed E-state index contributed by atoms with van der Waals surface area (Å²) in [7, 11) is 0. The second-order valence-corrected chi connectivity index (χ2v) is 12.1. The number of rotatable bonds is 18. The Kier molecular flexibility index (Phi) is 15.5. The van der Waals surface area contributed by atoms with Crippen molar-refractivity contribution in [2.75, 3.05) is 38.2 Å². The summed E-state index contributed by atoms with van der Waals surface area (Å²) in [5, 5.41) is 34.6. The number of ether oxygens (including phenoxy) is 5. The molecule has 0 bridgehead atoms. The molecule has 0 radical (unpaired) electrons.